The number of H-pyrrole nitrogens is 1. The van der Waals surface area contributed by atoms with Gasteiger partial charge in [-0.25, -0.2) is 8.42 Å². The predicted octanol–water partition coefficient (Wildman–Crippen LogP) is 2.04. The number of tetrazole rings is 1. The lowest BCUT2D eigenvalue weighted by molar-refractivity contribution is 0.0730. The SMILES string of the molecule is O=C(Nc1ccc(Br)cc1-c1nn[nH]n1)c1noc2ccc(S(=O)(=O)N3CCOCC3)cc12. The molecule has 0 radical (unpaired) electrons. The number of hydrogen-bond donors (Lipinski definition) is 2. The molecule has 3 heterocycles. The summed E-state index contributed by atoms with van der Waals surface area (Å²) in [5.41, 5.74) is 1.17. The zero-order valence-electron chi connectivity index (χ0n) is 16.9. The van der Waals surface area contributed by atoms with Gasteiger partial charge in [-0.15, -0.1) is 10.2 Å². The minimum absolute atomic E-state index is 0.0466. The molecule has 0 saturated carbocycles. The number of anilines is 1. The molecular formula is C19H16BrN7O5S. The third-order valence-electron chi connectivity index (χ3n) is 5.08. The molecule has 1 saturated heterocycles. The van der Waals surface area contributed by atoms with E-state index < -0.39 is 15.9 Å². The summed E-state index contributed by atoms with van der Waals surface area (Å²) in [7, 11) is -3.75. The molecule has 170 valence electrons. The average Bonchev–Trinajstić information content (AvgIpc) is 3.50. The molecule has 12 nitrogen and oxygen atoms in total. The van der Waals surface area contributed by atoms with Gasteiger partial charge in [0.25, 0.3) is 5.91 Å². The number of aromatic nitrogens is 5. The van der Waals surface area contributed by atoms with Gasteiger partial charge in [-0.2, -0.15) is 9.52 Å². The third-order valence-corrected chi connectivity index (χ3v) is 7.47. The number of hydrogen-bond acceptors (Lipinski definition) is 9. The largest absolute Gasteiger partial charge is 0.379 e. The van der Waals surface area contributed by atoms with Crippen LogP contribution in [0.25, 0.3) is 22.4 Å². The van der Waals surface area contributed by atoms with E-state index in [-0.39, 0.29) is 40.5 Å². The fourth-order valence-corrected chi connectivity index (χ4v) is 5.24. The second-order valence-corrected chi connectivity index (χ2v) is 9.94. The Bertz CT molecular complexity index is 1430. The first-order valence-electron chi connectivity index (χ1n) is 9.75. The van der Waals surface area contributed by atoms with Gasteiger partial charge in [0.05, 0.1) is 29.2 Å². The van der Waals surface area contributed by atoms with Crippen molar-refractivity contribution in [2.45, 2.75) is 4.90 Å². The lowest BCUT2D eigenvalue weighted by Crippen LogP contribution is -2.40. The molecule has 0 aliphatic carbocycles. The van der Waals surface area contributed by atoms with Crippen molar-refractivity contribution in [3.05, 3.63) is 46.6 Å². The number of aromatic amines is 1. The molecular weight excluding hydrogens is 518 g/mol. The Hall–Kier alpha value is -3.20. The minimum atomic E-state index is -3.75. The highest BCUT2D eigenvalue weighted by molar-refractivity contribution is 9.10. The van der Waals surface area contributed by atoms with Gasteiger partial charge >= 0.3 is 0 Å². The predicted molar refractivity (Wildman–Crippen MR) is 119 cm³/mol. The summed E-state index contributed by atoms with van der Waals surface area (Å²) in [5.74, 6) is -0.294. The van der Waals surface area contributed by atoms with Crippen LogP contribution in [0.4, 0.5) is 5.69 Å². The van der Waals surface area contributed by atoms with E-state index in [1.165, 1.54) is 22.5 Å². The van der Waals surface area contributed by atoms with Gasteiger partial charge in [0, 0.05) is 23.1 Å². The molecule has 0 bridgehead atoms. The Balaban J connectivity index is 1.49. The zero-order chi connectivity index (χ0) is 23.0. The molecule has 2 aromatic carbocycles. The molecule has 14 heteroatoms. The summed E-state index contributed by atoms with van der Waals surface area (Å²) in [6.07, 6.45) is 0. The van der Waals surface area contributed by atoms with Crippen LogP contribution in [0.5, 0.6) is 0 Å². The highest BCUT2D eigenvalue weighted by Gasteiger charge is 2.28. The van der Waals surface area contributed by atoms with Crippen LogP contribution in [-0.4, -0.2) is 70.7 Å². The van der Waals surface area contributed by atoms with Gasteiger partial charge in [0.15, 0.2) is 11.3 Å². The second kappa shape index (κ2) is 8.62. The Morgan fingerprint density at radius 3 is 2.73 bits per heavy atom. The van der Waals surface area contributed by atoms with Crippen LogP contribution in [0.2, 0.25) is 0 Å². The van der Waals surface area contributed by atoms with Crippen LogP contribution in [-0.2, 0) is 14.8 Å². The van der Waals surface area contributed by atoms with Gasteiger partial charge in [-0.3, -0.25) is 4.79 Å². The number of rotatable bonds is 5. The molecule has 4 aromatic rings. The Kier molecular flexibility index (Phi) is 5.65. The van der Waals surface area contributed by atoms with E-state index in [9.17, 15) is 13.2 Å². The van der Waals surface area contributed by atoms with Gasteiger partial charge in [0.1, 0.15) is 0 Å². The average molecular weight is 534 g/mol. The Labute approximate surface area is 195 Å². The summed E-state index contributed by atoms with van der Waals surface area (Å²) in [5, 5.41) is 20.7. The lowest BCUT2D eigenvalue weighted by atomic mass is 10.1. The highest BCUT2D eigenvalue weighted by Crippen LogP contribution is 2.30. The molecule has 2 N–H and O–H groups in total. The fourth-order valence-electron chi connectivity index (χ4n) is 3.45. The summed E-state index contributed by atoms with van der Waals surface area (Å²) in [6, 6.07) is 9.46. The number of morpholine rings is 1. The minimum Gasteiger partial charge on any atom is -0.379 e. The van der Waals surface area contributed by atoms with Crippen LogP contribution >= 0.6 is 15.9 Å². The molecule has 5 rings (SSSR count). The first-order chi connectivity index (χ1) is 15.9. The maximum absolute atomic E-state index is 13.1. The standard InChI is InChI=1S/C19H16BrN7O5S/c20-11-1-3-15(13(9-11)18-22-25-26-23-18)21-19(28)17-14-10-12(2-4-16(14)32-24-17)33(29,30)27-5-7-31-8-6-27/h1-4,9-10H,5-8H2,(H,21,28)(H,22,23,25,26). The fraction of sp³-hybridized carbons (Fsp3) is 0.211. The Morgan fingerprint density at radius 1 is 1.15 bits per heavy atom. The molecule has 1 aliphatic heterocycles. The number of fused-ring (bicyclic) bond motifs is 1. The van der Waals surface area contributed by atoms with Crippen molar-refractivity contribution < 1.29 is 22.5 Å². The maximum atomic E-state index is 13.1. The molecule has 33 heavy (non-hydrogen) atoms. The van der Waals surface area contributed by atoms with Crippen molar-refractivity contribution in [3.8, 4) is 11.4 Å². The zero-order valence-corrected chi connectivity index (χ0v) is 19.3. The molecule has 2 aromatic heterocycles. The van der Waals surface area contributed by atoms with Crippen molar-refractivity contribution >= 4 is 48.5 Å². The highest BCUT2D eigenvalue weighted by atomic mass is 79.9. The number of benzene rings is 2. The smallest absolute Gasteiger partial charge is 0.278 e. The number of sulfonamides is 1. The van der Waals surface area contributed by atoms with E-state index >= 15 is 0 Å². The van der Waals surface area contributed by atoms with E-state index in [0.717, 1.165) is 4.47 Å². The van der Waals surface area contributed by atoms with Crippen LogP contribution in [0.1, 0.15) is 10.5 Å². The van der Waals surface area contributed by atoms with Crippen LogP contribution in [0, 0.1) is 0 Å². The number of halogens is 1. The van der Waals surface area contributed by atoms with Crippen molar-refractivity contribution in [2.24, 2.45) is 0 Å². The van der Waals surface area contributed by atoms with Crippen molar-refractivity contribution in [1.29, 1.82) is 0 Å². The van der Waals surface area contributed by atoms with Gasteiger partial charge in [0.2, 0.25) is 15.8 Å². The monoisotopic (exact) mass is 533 g/mol. The summed E-state index contributed by atoms with van der Waals surface area (Å²) in [6.45, 7) is 1.19. The molecule has 1 fully saturated rings. The number of nitrogens with one attached hydrogen (secondary N) is 2. The first kappa shape index (κ1) is 21.6. The van der Waals surface area contributed by atoms with Crippen molar-refractivity contribution in [1.82, 2.24) is 30.1 Å². The second-order valence-electron chi connectivity index (χ2n) is 7.09. The van der Waals surface area contributed by atoms with E-state index in [0.29, 0.717) is 24.5 Å². The maximum Gasteiger partial charge on any atom is 0.278 e. The Morgan fingerprint density at radius 2 is 1.97 bits per heavy atom. The number of carbonyl (C=O) groups is 1. The summed E-state index contributed by atoms with van der Waals surface area (Å²) >= 11 is 3.38. The summed E-state index contributed by atoms with van der Waals surface area (Å²) in [4.78, 5) is 13.1. The number of amides is 1. The van der Waals surface area contributed by atoms with Crippen LogP contribution < -0.4 is 5.32 Å². The molecule has 0 spiro atoms. The van der Waals surface area contributed by atoms with Crippen LogP contribution in [0.15, 0.2) is 50.3 Å². The summed E-state index contributed by atoms with van der Waals surface area (Å²) < 4.78 is 38.6. The third kappa shape index (κ3) is 4.13. The van der Waals surface area contributed by atoms with E-state index in [1.54, 1.807) is 18.2 Å². The lowest BCUT2D eigenvalue weighted by Gasteiger charge is -2.26. The van der Waals surface area contributed by atoms with E-state index in [2.05, 4.69) is 47.0 Å². The number of ether oxygens (including phenoxy) is 1. The van der Waals surface area contributed by atoms with Crippen molar-refractivity contribution in [2.75, 3.05) is 31.6 Å². The number of nitrogens with zero attached hydrogens (tertiary/aromatic N) is 5. The molecule has 1 amide bonds. The van der Waals surface area contributed by atoms with Crippen molar-refractivity contribution in [3.63, 3.8) is 0 Å². The topological polar surface area (TPSA) is 156 Å². The van der Waals surface area contributed by atoms with Gasteiger partial charge in [-0.1, -0.05) is 21.1 Å². The van der Waals surface area contributed by atoms with Gasteiger partial charge in [-0.05, 0) is 41.6 Å². The molecule has 0 atom stereocenters. The first-order valence-corrected chi connectivity index (χ1v) is 12.0. The quantitative estimate of drug-likeness (QED) is 0.391. The molecule has 1 aliphatic rings. The normalized spacial score (nSPS) is 15.1. The van der Waals surface area contributed by atoms with Crippen LogP contribution in [0.3, 0.4) is 0 Å². The molecule has 0 unspecified atom stereocenters. The number of carbonyl (C=O) groups excluding carboxylic acids is 1. The van der Waals surface area contributed by atoms with E-state index in [1.807, 2.05) is 0 Å². The van der Waals surface area contributed by atoms with Gasteiger partial charge < -0.3 is 14.6 Å². The van der Waals surface area contributed by atoms with E-state index in [4.69, 9.17) is 9.26 Å².